The molecular weight excluding hydrogens is 672 g/mol. The molecule has 4 aromatic rings. The quantitative estimate of drug-likeness (QED) is 0.274. The second-order valence-electron chi connectivity index (χ2n) is 10.8. The van der Waals surface area contributed by atoms with Crippen molar-refractivity contribution in [1.29, 1.82) is 10.5 Å². The van der Waals surface area contributed by atoms with E-state index in [-0.39, 0.29) is 36.6 Å². The maximum Gasteiger partial charge on any atom is 0.258 e. The molecule has 0 aromatic heterocycles. The number of methoxy groups -OCH3 is 1. The number of nitrogens with one attached hydrogen (secondary N) is 1. The number of nitrogens with zero attached hydrogens (tertiary/aromatic N) is 4. The summed E-state index contributed by atoms with van der Waals surface area (Å²) in [6.45, 7) is 1.32. The fraction of sp³-hybridized carbons (Fsp3) is 0.206. The molecule has 0 saturated carbocycles. The van der Waals surface area contributed by atoms with Crippen LogP contribution >= 0.6 is 28.3 Å². The number of primary amides is 1. The number of fused-ring (bicyclic) bond motifs is 2. The number of rotatable bonds is 7. The predicted octanol–water partition coefficient (Wildman–Crippen LogP) is 5.05. The van der Waals surface area contributed by atoms with Crippen molar-refractivity contribution in [3.05, 3.63) is 99.5 Å². The molecule has 12 heteroatoms. The van der Waals surface area contributed by atoms with Crippen LogP contribution in [0.15, 0.2) is 77.3 Å². The Hall–Kier alpha value is -4.94. The predicted molar refractivity (Wildman–Crippen MR) is 181 cm³/mol. The Morgan fingerprint density at radius 1 is 1.02 bits per heavy atom. The summed E-state index contributed by atoms with van der Waals surface area (Å²) in [5, 5.41) is 23.7. The van der Waals surface area contributed by atoms with Crippen LogP contribution in [0.25, 0.3) is 10.8 Å². The van der Waals surface area contributed by atoms with Crippen molar-refractivity contribution in [2.24, 2.45) is 11.7 Å². The standard InChI is InChI=1S/C34H29BrN6O4.ClH/c1-34(39-2,33(38)44)26-19-41(31(42)22-10-7-20(16-36)8-11-22)29-15-21(17-37)9-13-28(29)40(32(26)43)18-25-23-5-4-6-27(35)24(23)12-14-30(25)45-3;/h4-15,26,39H,18-19H2,1-3H3,(H2,38,44);1H/t26-,34?;/m1./s1. The first-order valence-electron chi connectivity index (χ1n) is 14.0. The number of ether oxygens (including phenoxy) is 1. The zero-order valence-corrected chi connectivity index (χ0v) is 27.6. The molecule has 3 N–H and O–H groups in total. The van der Waals surface area contributed by atoms with E-state index >= 15 is 0 Å². The van der Waals surface area contributed by atoms with Gasteiger partial charge in [-0.1, -0.05) is 28.1 Å². The number of anilines is 2. The smallest absolute Gasteiger partial charge is 0.258 e. The molecule has 1 aliphatic heterocycles. The molecule has 0 bridgehead atoms. The van der Waals surface area contributed by atoms with Gasteiger partial charge in [-0.15, -0.1) is 12.4 Å². The first-order chi connectivity index (χ1) is 21.6. The van der Waals surface area contributed by atoms with Gasteiger partial charge in [0.05, 0.1) is 54.2 Å². The molecule has 46 heavy (non-hydrogen) atoms. The van der Waals surface area contributed by atoms with E-state index in [1.807, 2.05) is 36.4 Å². The van der Waals surface area contributed by atoms with Crippen molar-refractivity contribution in [2.45, 2.75) is 19.0 Å². The van der Waals surface area contributed by atoms with Gasteiger partial charge in [-0.2, -0.15) is 10.5 Å². The summed E-state index contributed by atoms with van der Waals surface area (Å²) in [4.78, 5) is 44.8. The maximum atomic E-state index is 14.8. The molecule has 0 fully saturated rings. The molecule has 3 amide bonds. The molecule has 1 unspecified atom stereocenters. The minimum Gasteiger partial charge on any atom is -0.496 e. The summed E-state index contributed by atoms with van der Waals surface area (Å²) in [7, 11) is 3.08. The van der Waals surface area contributed by atoms with Crippen LogP contribution in [0, 0.1) is 28.6 Å². The van der Waals surface area contributed by atoms with Gasteiger partial charge in [0, 0.05) is 22.1 Å². The maximum absolute atomic E-state index is 14.8. The lowest BCUT2D eigenvalue weighted by molar-refractivity contribution is -0.133. The number of halogens is 2. The molecule has 0 saturated heterocycles. The summed E-state index contributed by atoms with van der Waals surface area (Å²) in [6.07, 6.45) is 0. The van der Waals surface area contributed by atoms with Gasteiger partial charge < -0.3 is 25.6 Å². The SMILES string of the molecule is CNC(C)(C(N)=O)[C@@H]1CN(C(=O)c2ccc(C#N)cc2)c2cc(C#N)ccc2N(Cc2c(OC)ccc3c(Br)cccc23)C1=O.Cl. The number of nitriles is 2. The van der Waals surface area contributed by atoms with E-state index in [4.69, 9.17) is 10.5 Å². The van der Waals surface area contributed by atoms with Gasteiger partial charge in [-0.3, -0.25) is 14.4 Å². The molecule has 5 rings (SSSR count). The number of carbonyl (C=O) groups is 3. The van der Waals surface area contributed by atoms with Crippen molar-refractivity contribution in [2.75, 3.05) is 30.5 Å². The first kappa shape index (κ1) is 33.9. The Bertz CT molecular complexity index is 1940. The van der Waals surface area contributed by atoms with Crippen molar-refractivity contribution >= 4 is 68.2 Å². The lowest BCUT2D eigenvalue weighted by atomic mass is 9.83. The number of nitrogens with two attached hydrogens (primary N) is 1. The van der Waals surface area contributed by atoms with E-state index in [2.05, 4.69) is 27.3 Å². The lowest BCUT2D eigenvalue weighted by Crippen LogP contribution is -2.63. The Labute approximate surface area is 280 Å². The summed E-state index contributed by atoms with van der Waals surface area (Å²) < 4.78 is 6.61. The van der Waals surface area contributed by atoms with Crippen molar-refractivity contribution in [3.8, 4) is 17.9 Å². The fourth-order valence-corrected chi connectivity index (χ4v) is 6.17. The Morgan fingerprint density at radius 3 is 2.30 bits per heavy atom. The Kier molecular flexibility index (Phi) is 10.0. The second-order valence-corrected chi connectivity index (χ2v) is 11.6. The summed E-state index contributed by atoms with van der Waals surface area (Å²) >= 11 is 3.61. The third-order valence-electron chi connectivity index (χ3n) is 8.46. The average molecular weight is 702 g/mol. The number of hydrogen-bond acceptors (Lipinski definition) is 7. The highest BCUT2D eigenvalue weighted by atomic mass is 79.9. The number of benzene rings is 4. The molecule has 0 aliphatic carbocycles. The Morgan fingerprint density at radius 2 is 1.70 bits per heavy atom. The van der Waals surface area contributed by atoms with Crippen molar-refractivity contribution in [1.82, 2.24) is 5.32 Å². The first-order valence-corrected chi connectivity index (χ1v) is 14.8. The monoisotopic (exact) mass is 700 g/mol. The lowest BCUT2D eigenvalue weighted by Gasteiger charge is -2.36. The summed E-state index contributed by atoms with van der Waals surface area (Å²) in [5.74, 6) is -2.32. The minimum atomic E-state index is -1.56. The van der Waals surface area contributed by atoms with Crippen molar-refractivity contribution < 1.29 is 19.1 Å². The average Bonchev–Trinajstić information content (AvgIpc) is 3.18. The molecule has 0 radical (unpaired) electrons. The second kappa shape index (κ2) is 13.6. The van der Waals surface area contributed by atoms with E-state index in [1.54, 1.807) is 25.3 Å². The zero-order chi connectivity index (χ0) is 32.5. The minimum absolute atomic E-state index is 0. The number of carbonyl (C=O) groups excluding carboxylic acids is 3. The molecule has 1 aliphatic rings. The fourth-order valence-electron chi connectivity index (χ4n) is 5.67. The molecule has 234 valence electrons. The van der Waals surface area contributed by atoms with Crippen LogP contribution < -0.4 is 25.6 Å². The van der Waals surface area contributed by atoms with Crippen LogP contribution in [0.4, 0.5) is 11.4 Å². The topological polar surface area (TPSA) is 153 Å². The van der Waals surface area contributed by atoms with Gasteiger partial charge in [-0.05, 0) is 85.4 Å². The molecular formula is C34H30BrClN6O4. The van der Waals surface area contributed by atoms with Gasteiger partial charge >= 0.3 is 0 Å². The van der Waals surface area contributed by atoms with Crippen molar-refractivity contribution in [3.63, 3.8) is 0 Å². The van der Waals surface area contributed by atoms with Crippen LogP contribution in [0.3, 0.4) is 0 Å². The summed E-state index contributed by atoms with van der Waals surface area (Å²) in [5.41, 5.74) is 6.62. The highest BCUT2D eigenvalue weighted by Crippen LogP contribution is 2.41. The molecule has 4 aromatic carbocycles. The van der Waals surface area contributed by atoms with Gasteiger partial charge in [0.25, 0.3) is 5.91 Å². The van der Waals surface area contributed by atoms with Crippen LogP contribution in [-0.4, -0.2) is 44.0 Å². The van der Waals surface area contributed by atoms with E-state index in [0.717, 1.165) is 15.2 Å². The highest BCUT2D eigenvalue weighted by Gasteiger charge is 2.49. The third kappa shape index (κ3) is 5.88. The van der Waals surface area contributed by atoms with E-state index < -0.39 is 29.2 Å². The molecule has 2 atom stereocenters. The van der Waals surface area contributed by atoms with Gasteiger partial charge in [0.15, 0.2) is 0 Å². The van der Waals surface area contributed by atoms with Crippen LogP contribution in [0.5, 0.6) is 5.75 Å². The number of amides is 3. The third-order valence-corrected chi connectivity index (χ3v) is 9.15. The molecule has 0 spiro atoms. The summed E-state index contributed by atoms with van der Waals surface area (Å²) in [6, 6.07) is 24.5. The Balaban J connectivity index is 0.00000480. The van der Waals surface area contributed by atoms with E-state index in [0.29, 0.717) is 28.3 Å². The van der Waals surface area contributed by atoms with Gasteiger partial charge in [0.1, 0.15) is 11.3 Å². The van der Waals surface area contributed by atoms with E-state index in [9.17, 15) is 24.9 Å². The van der Waals surface area contributed by atoms with Gasteiger partial charge in [-0.25, -0.2) is 0 Å². The van der Waals surface area contributed by atoms with Crippen LogP contribution in [-0.2, 0) is 16.1 Å². The number of likely N-dealkylation sites (N-methyl/N-ethyl adjacent to an activating group) is 1. The number of hydrogen-bond donors (Lipinski definition) is 2. The zero-order valence-electron chi connectivity index (χ0n) is 25.2. The van der Waals surface area contributed by atoms with Crippen LogP contribution in [0.2, 0.25) is 0 Å². The van der Waals surface area contributed by atoms with Gasteiger partial charge in [0.2, 0.25) is 11.8 Å². The normalized spacial score (nSPS) is 15.4. The molecule has 10 nitrogen and oxygen atoms in total. The van der Waals surface area contributed by atoms with Crippen LogP contribution in [0.1, 0.15) is 34.0 Å². The molecule has 1 heterocycles. The van der Waals surface area contributed by atoms with E-state index in [1.165, 1.54) is 48.0 Å². The highest BCUT2D eigenvalue weighted by molar-refractivity contribution is 9.10. The largest absolute Gasteiger partial charge is 0.496 e.